The highest BCUT2D eigenvalue weighted by atomic mass is 35.5. The van der Waals surface area contributed by atoms with Crippen LogP contribution in [0, 0.1) is 0 Å². The smallest absolute Gasteiger partial charge is 0.316 e. The molecule has 0 aliphatic rings. The second-order valence-corrected chi connectivity index (χ2v) is 7.75. The number of ether oxygens (including phenoxy) is 1. The number of carbonyl (C=O) groups is 2. The van der Waals surface area contributed by atoms with E-state index in [4.69, 9.17) is 27.9 Å². The Hall–Kier alpha value is -2.27. The van der Waals surface area contributed by atoms with Crippen molar-refractivity contribution < 1.29 is 14.3 Å². The summed E-state index contributed by atoms with van der Waals surface area (Å²) in [5.74, 6) is -0.700. The van der Waals surface area contributed by atoms with Crippen molar-refractivity contribution in [3.63, 3.8) is 0 Å². The van der Waals surface area contributed by atoms with Crippen LogP contribution in [0.1, 0.15) is 10.4 Å². The quantitative estimate of drug-likeness (QED) is 0.255. The zero-order valence-electron chi connectivity index (χ0n) is 14.7. The average molecular weight is 431 g/mol. The average Bonchev–Trinajstić information content (AvgIpc) is 2.73. The molecule has 0 atom stereocenters. The van der Waals surface area contributed by atoms with E-state index in [0.717, 1.165) is 11.1 Å². The lowest BCUT2D eigenvalue weighted by atomic mass is 10.0. The molecule has 3 aromatic carbocycles. The van der Waals surface area contributed by atoms with Crippen LogP contribution in [0.4, 0.5) is 0 Å². The number of ketones is 1. The van der Waals surface area contributed by atoms with Gasteiger partial charge < -0.3 is 4.74 Å². The molecule has 28 heavy (non-hydrogen) atoms. The highest BCUT2D eigenvalue weighted by molar-refractivity contribution is 8.00. The van der Waals surface area contributed by atoms with E-state index in [-0.39, 0.29) is 18.1 Å². The highest BCUT2D eigenvalue weighted by Gasteiger charge is 2.12. The lowest BCUT2D eigenvalue weighted by Crippen LogP contribution is -2.15. The van der Waals surface area contributed by atoms with Crippen molar-refractivity contribution in [2.75, 3.05) is 12.4 Å². The Morgan fingerprint density at radius 3 is 2.25 bits per heavy atom. The van der Waals surface area contributed by atoms with Gasteiger partial charge in [0.1, 0.15) is 0 Å². The fraction of sp³-hybridized carbons (Fsp3) is 0.0909. The third kappa shape index (κ3) is 5.61. The Labute approximate surface area is 177 Å². The summed E-state index contributed by atoms with van der Waals surface area (Å²) in [5, 5.41) is 1.05. The van der Waals surface area contributed by atoms with Crippen LogP contribution in [0.5, 0.6) is 0 Å². The van der Waals surface area contributed by atoms with Gasteiger partial charge in [0.05, 0.1) is 10.8 Å². The summed E-state index contributed by atoms with van der Waals surface area (Å²) in [6.07, 6.45) is 0. The molecule has 0 amide bonds. The fourth-order valence-electron chi connectivity index (χ4n) is 2.47. The van der Waals surface area contributed by atoms with Crippen molar-refractivity contribution in [2.45, 2.75) is 4.90 Å². The van der Waals surface area contributed by atoms with Gasteiger partial charge in [-0.2, -0.15) is 0 Å². The molecule has 3 nitrogen and oxygen atoms in total. The Morgan fingerprint density at radius 2 is 1.54 bits per heavy atom. The zero-order chi connectivity index (χ0) is 19.9. The Kier molecular flexibility index (Phi) is 7.15. The van der Waals surface area contributed by atoms with Gasteiger partial charge in [-0.15, -0.1) is 11.8 Å². The van der Waals surface area contributed by atoms with Gasteiger partial charge in [0, 0.05) is 15.5 Å². The molecule has 0 spiro atoms. The predicted octanol–water partition coefficient (Wildman–Crippen LogP) is 6.18. The fourth-order valence-corrected chi connectivity index (χ4v) is 3.77. The highest BCUT2D eigenvalue weighted by Crippen LogP contribution is 2.29. The minimum atomic E-state index is -0.490. The maximum Gasteiger partial charge on any atom is 0.316 e. The van der Waals surface area contributed by atoms with Crippen molar-refractivity contribution in [2.24, 2.45) is 0 Å². The minimum Gasteiger partial charge on any atom is -0.457 e. The third-order valence-corrected chi connectivity index (χ3v) is 5.62. The molecule has 0 aliphatic carbocycles. The molecular weight excluding hydrogens is 415 g/mol. The second-order valence-electron chi connectivity index (χ2n) is 5.89. The van der Waals surface area contributed by atoms with Crippen LogP contribution in [0.2, 0.25) is 10.0 Å². The first-order chi connectivity index (χ1) is 13.5. The van der Waals surface area contributed by atoms with Gasteiger partial charge in [-0.3, -0.25) is 9.59 Å². The van der Waals surface area contributed by atoms with E-state index >= 15 is 0 Å². The number of esters is 1. The molecule has 0 heterocycles. The lowest BCUT2D eigenvalue weighted by Gasteiger charge is -2.07. The maximum absolute atomic E-state index is 12.2. The topological polar surface area (TPSA) is 43.4 Å². The van der Waals surface area contributed by atoms with E-state index in [0.29, 0.717) is 20.5 Å². The monoisotopic (exact) mass is 430 g/mol. The molecular formula is C22H16Cl2O3S. The predicted molar refractivity (Wildman–Crippen MR) is 114 cm³/mol. The summed E-state index contributed by atoms with van der Waals surface area (Å²) in [7, 11) is 0. The van der Waals surface area contributed by atoms with Crippen molar-refractivity contribution in [1.29, 1.82) is 0 Å². The summed E-state index contributed by atoms with van der Waals surface area (Å²) in [4.78, 5) is 24.9. The van der Waals surface area contributed by atoms with Gasteiger partial charge in [0.25, 0.3) is 0 Å². The number of halogens is 2. The standard InChI is InChI=1S/C22H16Cl2O3S/c23-18-10-11-19(24)21(12-18)28-14-22(26)27-13-20(25)17-8-6-16(7-9-17)15-4-2-1-3-5-15/h1-12H,13-14H2. The maximum atomic E-state index is 12.2. The SMILES string of the molecule is O=C(CSc1cc(Cl)ccc1Cl)OCC(=O)c1ccc(-c2ccccc2)cc1. The van der Waals surface area contributed by atoms with Crippen LogP contribution < -0.4 is 0 Å². The number of carbonyl (C=O) groups excluding carboxylic acids is 2. The summed E-state index contributed by atoms with van der Waals surface area (Å²) < 4.78 is 5.08. The molecule has 6 heteroatoms. The van der Waals surface area contributed by atoms with Gasteiger partial charge in [-0.05, 0) is 29.3 Å². The number of hydrogen-bond acceptors (Lipinski definition) is 4. The summed E-state index contributed by atoms with van der Waals surface area (Å²) in [6, 6.07) is 22.1. The van der Waals surface area contributed by atoms with Gasteiger partial charge in [-0.1, -0.05) is 77.8 Å². The van der Waals surface area contributed by atoms with Crippen molar-refractivity contribution in [1.82, 2.24) is 0 Å². The zero-order valence-corrected chi connectivity index (χ0v) is 17.1. The Bertz CT molecular complexity index is 973. The molecule has 0 fully saturated rings. The van der Waals surface area contributed by atoms with E-state index in [1.165, 1.54) is 11.8 Å². The molecule has 0 saturated heterocycles. The van der Waals surface area contributed by atoms with E-state index in [9.17, 15) is 9.59 Å². The van der Waals surface area contributed by atoms with Crippen LogP contribution in [-0.2, 0) is 9.53 Å². The number of benzene rings is 3. The summed E-state index contributed by atoms with van der Waals surface area (Å²) >= 11 is 13.2. The first-order valence-electron chi connectivity index (χ1n) is 8.45. The van der Waals surface area contributed by atoms with Crippen LogP contribution in [-0.4, -0.2) is 24.1 Å². The van der Waals surface area contributed by atoms with Gasteiger partial charge >= 0.3 is 5.97 Å². The molecule has 0 bridgehead atoms. The first kappa shape index (κ1) is 20.5. The van der Waals surface area contributed by atoms with Crippen LogP contribution in [0.3, 0.4) is 0 Å². The third-order valence-electron chi connectivity index (χ3n) is 3.92. The van der Waals surface area contributed by atoms with Crippen LogP contribution in [0.25, 0.3) is 11.1 Å². The van der Waals surface area contributed by atoms with Crippen LogP contribution >= 0.6 is 35.0 Å². The molecule has 0 N–H and O–H groups in total. The molecule has 3 rings (SSSR count). The normalized spacial score (nSPS) is 10.5. The van der Waals surface area contributed by atoms with Crippen molar-refractivity contribution >= 4 is 46.7 Å². The molecule has 0 aromatic heterocycles. The second kappa shape index (κ2) is 9.78. The first-order valence-corrected chi connectivity index (χ1v) is 10.2. The molecule has 0 radical (unpaired) electrons. The Morgan fingerprint density at radius 1 is 0.857 bits per heavy atom. The van der Waals surface area contributed by atoms with E-state index in [2.05, 4.69) is 0 Å². The van der Waals surface area contributed by atoms with Crippen LogP contribution in [0.15, 0.2) is 77.7 Å². The minimum absolute atomic E-state index is 0.0420. The van der Waals surface area contributed by atoms with Crippen molar-refractivity contribution in [3.05, 3.63) is 88.4 Å². The largest absolute Gasteiger partial charge is 0.457 e. The molecule has 3 aromatic rings. The lowest BCUT2D eigenvalue weighted by molar-refractivity contribution is -0.139. The number of hydrogen-bond donors (Lipinski definition) is 0. The number of thioether (sulfide) groups is 1. The Balaban J connectivity index is 1.51. The van der Waals surface area contributed by atoms with E-state index in [1.807, 2.05) is 42.5 Å². The van der Waals surface area contributed by atoms with Gasteiger partial charge in [-0.25, -0.2) is 0 Å². The molecule has 0 aliphatic heterocycles. The number of Topliss-reactive ketones (excluding diaryl/α,β-unsaturated/α-hetero) is 1. The molecule has 0 saturated carbocycles. The van der Waals surface area contributed by atoms with Gasteiger partial charge in [0.15, 0.2) is 12.4 Å². The molecule has 0 unspecified atom stereocenters. The summed E-state index contributed by atoms with van der Waals surface area (Å²) in [5.41, 5.74) is 2.59. The van der Waals surface area contributed by atoms with Gasteiger partial charge in [0.2, 0.25) is 0 Å². The summed E-state index contributed by atoms with van der Waals surface area (Å²) in [6.45, 7) is -0.298. The van der Waals surface area contributed by atoms with E-state index in [1.54, 1.807) is 30.3 Å². The number of rotatable bonds is 7. The van der Waals surface area contributed by atoms with Crippen molar-refractivity contribution in [3.8, 4) is 11.1 Å². The molecule has 142 valence electrons. The van der Waals surface area contributed by atoms with E-state index < -0.39 is 5.97 Å².